The smallest absolute Gasteiger partial charge is 0.412 e. The summed E-state index contributed by atoms with van der Waals surface area (Å²) in [4.78, 5) is 21.1. The summed E-state index contributed by atoms with van der Waals surface area (Å²) in [6.45, 7) is 2.47. The average molecular weight is 542 g/mol. The van der Waals surface area contributed by atoms with Crippen molar-refractivity contribution in [2.45, 2.75) is 63.7 Å². The Labute approximate surface area is 233 Å². The molecule has 40 heavy (non-hydrogen) atoms. The summed E-state index contributed by atoms with van der Waals surface area (Å²) in [5.74, 6) is 3.24. The number of rotatable bonds is 9. The molecule has 9 nitrogen and oxygen atoms in total. The molecule has 0 unspecified atom stereocenters. The fraction of sp³-hybridized carbons (Fsp3) is 0.387. The number of pyridine rings is 2. The van der Waals surface area contributed by atoms with Gasteiger partial charge in [-0.05, 0) is 61.6 Å². The van der Waals surface area contributed by atoms with E-state index >= 15 is 0 Å². The third-order valence-corrected chi connectivity index (χ3v) is 7.98. The summed E-state index contributed by atoms with van der Waals surface area (Å²) < 4.78 is 7.08. The van der Waals surface area contributed by atoms with Crippen molar-refractivity contribution in [1.82, 2.24) is 14.5 Å². The summed E-state index contributed by atoms with van der Waals surface area (Å²) in [5, 5.41) is 26.6. The van der Waals surface area contributed by atoms with Crippen LogP contribution >= 0.6 is 0 Å². The van der Waals surface area contributed by atoms with Crippen LogP contribution in [-0.4, -0.2) is 49.7 Å². The van der Waals surface area contributed by atoms with E-state index in [4.69, 9.17) is 16.9 Å². The van der Waals surface area contributed by atoms with E-state index in [1.165, 1.54) is 0 Å². The van der Waals surface area contributed by atoms with E-state index in [0.29, 0.717) is 43.0 Å². The first-order chi connectivity index (χ1) is 19.3. The van der Waals surface area contributed by atoms with Crippen LogP contribution in [0.2, 0.25) is 0 Å². The van der Waals surface area contributed by atoms with E-state index in [1.54, 1.807) is 18.3 Å². The molecule has 1 amide bonds. The maximum absolute atomic E-state index is 12.1. The maximum atomic E-state index is 12.1. The summed E-state index contributed by atoms with van der Waals surface area (Å²) in [6.07, 6.45) is 11.2. The van der Waals surface area contributed by atoms with Gasteiger partial charge in [0.05, 0.1) is 29.7 Å². The Hall–Kier alpha value is -4.13. The molecule has 1 aromatic carbocycles. The highest BCUT2D eigenvalue weighted by Gasteiger charge is 2.52. The van der Waals surface area contributed by atoms with Crippen LogP contribution in [0.4, 0.5) is 16.3 Å². The van der Waals surface area contributed by atoms with Crippen molar-refractivity contribution in [3.63, 3.8) is 0 Å². The highest BCUT2D eigenvalue weighted by Crippen LogP contribution is 2.48. The Morgan fingerprint density at radius 3 is 2.88 bits per heavy atom. The van der Waals surface area contributed by atoms with Crippen molar-refractivity contribution in [3.8, 4) is 12.3 Å². The molecule has 208 valence electrons. The zero-order valence-corrected chi connectivity index (χ0v) is 22.6. The lowest BCUT2D eigenvalue weighted by atomic mass is 9.79. The van der Waals surface area contributed by atoms with Gasteiger partial charge in [0.15, 0.2) is 0 Å². The number of nitrogen functional groups attached to an aromatic ring is 1. The molecule has 0 aliphatic heterocycles. The SMILES string of the molecule is C#C[C@]1(CCc2ccc3ccc(NC(=O)OCCCCC)nc3c2)C[C@@H](n2ccc3c(N)ccnc32)[C@H](O)[C@@H]1O. The first-order valence-electron chi connectivity index (χ1n) is 13.7. The van der Waals surface area contributed by atoms with Crippen molar-refractivity contribution in [3.05, 3.63) is 60.4 Å². The molecule has 4 atom stereocenters. The molecule has 3 heterocycles. The number of carbonyl (C=O) groups is 1. The fourth-order valence-electron chi connectivity index (χ4n) is 5.64. The van der Waals surface area contributed by atoms with Crippen LogP contribution in [0.1, 0.15) is 50.6 Å². The van der Waals surface area contributed by atoms with Crippen LogP contribution in [0, 0.1) is 17.8 Å². The molecule has 9 heteroatoms. The van der Waals surface area contributed by atoms with Gasteiger partial charge >= 0.3 is 6.09 Å². The number of carbonyl (C=O) groups excluding carboxylic acids is 1. The van der Waals surface area contributed by atoms with Crippen molar-refractivity contribution in [2.75, 3.05) is 17.7 Å². The third kappa shape index (κ3) is 5.33. The van der Waals surface area contributed by atoms with Crippen LogP contribution in [0.15, 0.2) is 54.9 Å². The minimum Gasteiger partial charge on any atom is -0.449 e. The number of aliphatic hydroxyl groups is 2. The Balaban J connectivity index is 1.30. The molecule has 5 N–H and O–H groups in total. The van der Waals surface area contributed by atoms with Gasteiger partial charge < -0.3 is 25.3 Å². The number of aryl methyl sites for hydroxylation is 1. The predicted octanol–water partition coefficient (Wildman–Crippen LogP) is 4.82. The quantitative estimate of drug-likeness (QED) is 0.176. The molecule has 1 aliphatic rings. The maximum Gasteiger partial charge on any atom is 0.412 e. The predicted molar refractivity (Wildman–Crippen MR) is 156 cm³/mol. The number of aromatic nitrogens is 3. The molecule has 1 aliphatic carbocycles. The number of aliphatic hydroxyl groups excluding tert-OH is 2. The van der Waals surface area contributed by atoms with Crippen molar-refractivity contribution in [2.24, 2.45) is 5.41 Å². The van der Waals surface area contributed by atoms with Gasteiger partial charge in [-0.3, -0.25) is 5.32 Å². The number of nitrogens with zero attached hydrogens (tertiary/aromatic N) is 3. The zero-order valence-electron chi connectivity index (χ0n) is 22.6. The van der Waals surface area contributed by atoms with E-state index in [2.05, 4.69) is 28.1 Å². The van der Waals surface area contributed by atoms with E-state index in [0.717, 1.165) is 41.1 Å². The average Bonchev–Trinajstić information content (AvgIpc) is 3.50. The molecular formula is C31H35N5O4. The molecule has 5 rings (SSSR count). The largest absolute Gasteiger partial charge is 0.449 e. The van der Waals surface area contributed by atoms with E-state index in [9.17, 15) is 15.0 Å². The molecule has 3 aromatic heterocycles. The monoisotopic (exact) mass is 541 g/mol. The topological polar surface area (TPSA) is 136 Å². The number of ether oxygens (including phenoxy) is 1. The number of nitrogens with one attached hydrogen (secondary N) is 1. The number of hydrogen-bond acceptors (Lipinski definition) is 7. The Morgan fingerprint density at radius 2 is 2.08 bits per heavy atom. The molecule has 4 aromatic rings. The second kappa shape index (κ2) is 11.5. The number of amides is 1. The highest BCUT2D eigenvalue weighted by molar-refractivity contribution is 5.88. The van der Waals surface area contributed by atoms with Gasteiger partial charge in [0.2, 0.25) is 0 Å². The number of hydrogen-bond donors (Lipinski definition) is 4. The molecule has 1 saturated carbocycles. The minimum atomic E-state index is -1.10. The molecule has 0 saturated heterocycles. The normalized spacial score (nSPS) is 22.4. The highest BCUT2D eigenvalue weighted by atomic mass is 16.5. The second-order valence-corrected chi connectivity index (χ2v) is 10.6. The number of terminal acetylenes is 1. The molecular weight excluding hydrogens is 506 g/mol. The second-order valence-electron chi connectivity index (χ2n) is 10.6. The van der Waals surface area contributed by atoms with Gasteiger partial charge in [-0.1, -0.05) is 37.8 Å². The minimum absolute atomic E-state index is 0.376. The molecule has 0 bridgehead atoms. The van der Waals surface area contributed by atoms with Gasteiger partial charge in [0, 0.05) is 28.9 Å². The lowest BCUT2D eigenvalue weighted by Gasteiger charge is -2.27. The Morgan fingerprint density at radius 1 is 1.25 bits per heavy atom. The van der Waals surface area contributed by atoms with Crippen molar-refractivity contribution >= 4 is 39.5 Å². The van der Waals surface area contributed by atoms with Gasteiger partial charge in [-0.15, -0.1) is 6.42 Å². The first kappa shape index (κ1) is 27.4. The van der Waals surface area contributed by atoms with Crippen LogP contribution in [0.3, 0.4) is 0 Å². The Kier molecular flexibility index (Phi) is 7.92. The van der Waals surface area contributed by atoms with E-state index < -0.39 is 29.8 Å². The van der Waals surface area contributed by atoms with Gasteiger partial charge in [0.1, 0.15) is 17.6 Å². The van der Waals surface area contributed by atoms with Crippen molar-refractivity contribution < 1.29 is 19.7 Å². The number of unbranched alkanes of at least 4 members (excludes halogenated alkanes) is 2. The van der Waals surface area contributed by atoms with Crippen LogP contribution in [0.5, 0.6) is 0 Å². The summed E-state index contributed by atoms with van der Waals surface area (Å²) in [5.41, 5.74) is 8.14. The van der Waals surface area contributed by atoms with Crippen molar-refractivity contribution in [1.29, 1.82) is 0 Å². The van der Waals surface area contributed by atoms with Crippen LogP contribution in [-0.2, 0) is 11.2 Å². The molecule has 0 spiro atoms. The first-order valence-corrected chi connectivity index (χ1v) is 13.7. The molecule has 0 radical (unpaired) electrons. The van der Waals surface area contributed by atoms with Gasteiger partial charge in [-0.2, -0.15) is 0 Å². The van der Waals surface area contributed by atoms with E-state index in [1.807, 2.05) is 41.1 Å². The van der Waals surface area contributed by atoms with E-state index in [-0.39, 0.29) is 0 Å². The van der Waals surface area contributed by atoms with Crippen LogP contribution in [0.25, 0.3) is 21.9 Å². The van der Waals surface area contributed by atoms with Gasteiger partial charge in [-0.25, -0.2) is 14.8 Å². The van der Waals surface area contributed by atoms with Crippen LogP contribution < -0.4 is 11.1 Å². The standard InChI is InChI=1S/C31H35N5O4/c1-3-5-6-17-40-30(39)35-26-10-9-21-8-7-20(18-24(21)34-26)11-14-31(4-2)19-25(27(37)28(31)38)36-16-13-22-23(32)12-15-33-29(22)36/h2,7-10,12-13,15-16,18,25,27-28,37-38H,3,5-6,11,14,17,19H2,1H3,(H2,32,33)(H,34,35,39)/t25-,27+,28+,31+/m1/s1. The summed E-state index contributed by atoms with van der Waals surface area (Å²) >= 11 is 0. The number of anilines is 2. The number of fused-ring (bicyclic) bond motifs is 2. The Bertz CT molecular complexity index is 1560. The number of nitrogens with two attached hydrogens (primary N) is 1. The summed E-state index contributed by atoms with van der Waals surface area (Å²) in [7, 11) is 0. The zero-order chi connectivity index (χ0) is 28.3. The molecule has 1 fully saturated rings. The number of benzene rings is 1. The lowest BCUT2D eigenvalue weighted by molar-refractivity contribution is -0.0115. The van der Waals surface area contributed by atoms with Gasteiger partial charge in [0.25, 0.3) is 0 Å². The summed E-state index contributed by atoms with van der Waals surface area (Å²) in [6, 6.07) is 12.7. The fourth-order valence-corrected chi connectivity index (χ4v) is 5.64. The third-order valence-electron chi connectivity index (χ3n) is 7.98. The lowest BCUT2D eigenvalue weighted by Crippen LogP contribution is -2.36.